The molecule has 0 atom stereocenters. The van der Waals surface area contributed by atoms with Crippen LogP contribution in [-0.2, 0) is 14.8 Å². The Bertz CT molecular complexity index is 1060. The summed E-state index contributed by atoms with van der Waals surface area (Å²) < 4.78 is 39.8. The number of amides is 1. The van der Waals surface area contributed by atoms with E-state index in [0.717, 1.165) is 12.0 Å². The number of anilines is 2. The van der Waals surface area contributed by atoms with Crippen LogP contribution in [-0.4, -0.2) is 34.6 Å². The predicted octanol–water partition coefficient (Wildman–Crippen LogP) is 3.97. The zero-order chi connectivity index (χ0) is 22.1. The van der Waals surface area contributed by atoms with Crippen LogP contribution in [0.1, 0.15) is 32.8 Å². The van der Waals surface area contributed by atoms with Gasteiger partial charge in [0.2, 0.25) is 5.91 Å². The number of aryl methyl sites for hydroxylation is 1. The number of fused-ring (bicyclic) bond motifs is 1. The summed E-state index contributed by atoms with van der Waals surface area (Å²) in [5, 5.41) is 0. The molecule has 0 saturated carbocycles. The average Bonchev–Trinajstić information content (AvgIpc) is 2.77. The van der Waals surface area contributed by atoms with E-state index in [9.17, 15) is 13.2 Å². The standard InChI is InChI=1S/C22H28N2O5S/c1-6-11-28-19-10-8-17(12-15(19)2)30(26,27)23-16-7-9-20-18(13-16)24(5)21(25)22(3,4)14-29-20/h7-10,12-13,23H,6,11,14H2,1-5H3. The summed E-state index contributed by atoms with van der Waals surface area (Å²) in [6, 6.07) is 9.67. The first kappa shape index (κ1) is 22.0. The lowest BCUT2D eigenvalue weighted by Crippen LogP contribution is -2.39. The van der Waals surface area contributed by atoms with Crippen LogP contribution in [0.2, 0.25) is 0 Å². The Hall–Kier alpha value is -2.74. The first-order chi connectivity index (χ1) is 14.0. The Morgan fingerprint density at radius 3 is 2.60 bits per heavy atom. The molecule has 162 valence electrons. The van der Waals surface area contributed by atoms with Crippen LogP contribution in [0.3, 0.4) is 0 Å². The van der Waals surface area contributed by atoms with E-state index in [1.165, 1.54) is 11.0 Å². The maximum atomic E-state index is 12.9. The highest BCUT2D eigenvalue weighted by Gasteiger charge is 2.36. The van der Waals surface area contributed by atoms with Crippen molar-refractivity contribution in [3.05, 3.63) is 42.0 Å². The Kier molecular flexibility index (Phi) is 5.99. The highest BCUT2D eigenvalue weighted by atomic mass is 32.2. The second kappa shape index (κ2) is 8.18. The smallest absolute Gasteiger partial charge is 0.261 e. The molecule has 30 heavy (non-hydrogen) atoms. The van der Waals surface area contributed by atoms with Gasteiger partial charge in [-0.1, -0.05) is 6.92 Å². The van der Waals surface area contributed by atoms with E-state index in [0.29, 0.717) is 29.5 Å². The van der Waals surface area contributed by atoms with Crippen LogP contribution in [0.4, 0.5) is 11.4 Å². The van der Waals surface area contributed by atoms with Crippen LogP contribution in [0, 0.1) is 12.3 Å². The second-order valence-electron chi connectivity index (χ2n) is 8.10. The van der Waals surface area contributed by atoms with Crippen LogP contribution in [0.25, 0.3) is 0 Å². The number of hydrogen-bond donors (Lipinski definition) is 1. The molecule has 7 nitrogen and oxygen atoms in total. The molecule has 1 heterocycles. The Labute approximate surface area is 178 Å². The largest absolute Gasteiger partial charge is 0.493 e. The summed E-state index contributed by atoms with van der Waals surface area (Å²) in [6.45, 7) is 8.28. The number of benzene rings is 2. The highest BCUT2D eigenvalue weighted by Crippen LogP contribution is 2.37. The maximum Gasteiger partial charge on any atom is 0.261 e. The van der Waals surface area contributed by atoms with E-state index in [1.54, 1.807) is 37.4 Å². The van der Waals surface area contributed by atoms with Gasteiger partial charge < -0.3 is 14.4 Å². The molecule has 1 aliphatic rings. The van der Waals surface area contributed by atoms with Crippen LogP contribution in [0.15, 0.2) is 41.3 Å². The fourth-order valence-corrected chi connectivity index (χ4v) is 4.36. The number of rotatable bonds is 6. The molecule has 3 rings (SSSR count). The van der Waals surface area contributed by atoms with Gasteiger partial charge in [-0.15, -0.1) is 0 Å². The minimum absolute atomic E-state index is 0.0976. The van der Waals surface area contributed by atoms with Gasteiger partial charge in [0.25, 0.3) is 10.0 Å². The zero-order valence-corrected chi connectivity index (χ0v) is 18.8. The summed E-state index contributed by atoms with van der Waals surface area (Å²) in [6.07, 6.45) is 0.872. The van der Waals surface area contributed by atoms with E-state index in [-0.39, 0.29) is 17.4 Å². The van der Waals surface area contributed by atoms with Crippen molar-refractivity contribution in [1.29, 1.82) is 0 Å². The van der Waals surface area contributed by atoms with Crippen molar-refractivity contribution in [3.8, 4) is 11.5 Å². The van der Waals surface area contributed by atoms with Crippen LogP contribution >= 0.6 is 0 Å². The van der Waals surface area contributed by atoms with Gasteiger partial charge in [-0.05, 0) is 69.2 Å². The molecule has 2 aromatic rings. The molecule has 1 amide bonds. The first-order valence-corrected chi connectivity index (χ1v) is 11.3. The predicted molar refractivity (Wildman–Crippen MR) is 117 cm³/mol. The number of hydrogen-bond acceptors (Lipinski definition) is 5. The normalized spacial score (nSPS) is 15.8. The summed E-state index contributed by atoms with van der Waals surface area (Å²) in [5.74, 6) is 1.10. The van der Waals surface area contributed by atoms with E-state index in [1.807, 2.05) is 27.7 Å². The Morgan fingerprint density at radius 1 is 1.20 bits per heavy atom. The van der Waals surface area contributed by atoms with Crippen molar-refractivity contribution in [3.63, 3.8) is 0 Å². The SMILES string of the molecule is CCCOc1ccc(S(=O)(=O)Nc2ccc3c(c2)N(C)C(=O)C(C)(C)CO3)cc1C. The van der Waals surface area contributed by atoms with Crippen molar-refractivity contribution in [2.75, 3.05) is 29.9 Å². The molecule has 0 saturated heterocycles. The van der Waals surface area contributed by atoms with Crippen LogP contribution < -0.4 is 19.1 Å². The second-order valence-corrected chi connectivity index (χ2v) is 9.78. The van der Waals surface area contributed by atoms with Crippen molar-refractivity contribution in [2.24, 2.45) is 5.41 Å². The van der Waals surface area contributed by atoms with E-state index >= 15 is 0 Å². The van der Waals surface area contributed by atoms with Gasteiger partial charge in [-0.25, -0.2) is 8.42 Å². The summed E-state index contributed by atoms with van der Waals surface area (Å²) in [5.41, 5.74) is 0.937. The lowest BCUT2D eigenvalue weighted by Gasteiger charge is -2.24. The van der Waals surface area contributed by atoms with Crippen LogP contribution in [0.5, 0.6) is 11.5 Å². The Morgan fingerprint density at radius 2 is 1.93 bits per heavy atom. The van der Waals surface area contributed by atoms with Gasteiger partial charge in [0, 0.05) is 7.05 Å². The van der Waals surface area contributed by atoms with Crippen molar-refractivity contribution < 1.29 is 22.7 Å². The molecule has 0 aliphatic carbocycles. The third kappa shape index (κ3) is 4.38. The van der Waals surface area contributed by atoms with Gasteiger partial charge >= 0.3 is 0 Å². The zero-order valence-electron chi connectivity index (χ0n) is 18.0. The third-order valence-electron chi connectivity index (χ3n) is 4.96. The van der Waals surface area contributed by atoms with Gasteiger partial charge in [0.05, 0.1) is 28.3 Å². The summed E-state index contributed by atoms with van der Waals surface area (Å²) in [7, 11) is -2.15. The lowest BCUT2D eigenvalue weighted by atomic mass is 9.93. The number of ether oxygens (including phenoxy) is 2. The molecule has 8 heteroatoms. The molecule has 0 bridgehead atoms. The first-order valence-electron chi connectivity index (χ1n) is 9.86. The van der Waals surface area contributed by atoms with E-state index < -0.39 is 15.4 Å². The van der Waals surface area contributed by atoms with Crippen molar-refractivity contribution >= 4 is 27.3 Å². The monoisotopic (exact) mass is 432 g/mol. The number of sulfonamides is 1. The maximum absolute atomic E-state index is 12.9. The third-order valence-corrected chi connectivity index (χ3v) is 6.34. The van der Waals surface area contributed by atoms with Gasteiger partial charge in [0.15, 0.2) is 0 Å². The minimum Gasteiger partial charge on any atom is -0.493 e. The molecule has 1 N–H and O–H groups in total. The lowest BCUT2D eigenvalue weighted by molar-refractivity contribution is -0.127. The van der Waals surface area contributed by atoms with Gasteiger partial charge in [0.1, 0.15) is 18.1 Å². The van der Waals surface area contributed by atoms with E-state index in [4.69, 9.17) is 9.47 Å². The molecule has 0 spiro atoms. The topological polar surface area (TPSA) is 84.9 Å². The fraction of sp³-hybridized carbons (Fsp3) is 0.409. The Balaban J connectivity index is 1.87. The number of carbonyl (C=O) groups is 1. The molecule has 0 radical (unpaired) electrons. The molecule has 0 fully saturated rings. The average molecular weight is 433 g/mol. The molecular weight excluding hydrogens is 404 g/mol. The fourth-order valence-electron chi connectivity index (χ4n) is 3.23. The van der Waals surface area contributed by atoms with Crippen molar-refractivity contribution in [2.45, 2.75) is 39.0 Å². The molecule has 2 aromatic carbocycles. The minimum atomic E-state index is -3.81. The molecule has 0 unspecified atom stereocenters. The van der Waals surface area contributed by atoms with Crippen molar-refractivity contribution in [1.82, 2.24) is 0 Å². The molecular formula is C22H28N2O5S. The number of carbonyl (C=O) groups excluding carboxylic acids is 1. The summed E-state index contributed by atoms with van der Waals surface area (Å²) in [4.78, 5) is 14.3. The highest BCUT2D eigenvalue weighted by molar-refractivity contribution is 7.92. The number of nitrogens with zero attached hydrogens (tertiary/aromatic N) is 1. The van der Waals surface area contributed by atoms with Gasteiger partial charge in [-0.2, -0.15) is 0 Å². The van der Waals surface area contributed by atoms with Gasteiger partial charge in [-0.3, -0.25) is 9.52 Å². The molecule has 0 aromatic heterocycles. The number of nitrogens with one attached hydrogen (secondary N) is 1. The summed E-state index contributed by atoms with van der Waals surface area (Å²) >= 11 is 0. The quantitative estimate of drug-likeness (QED) is 0.747. The molecule has 1 aliphatic heterocycles. The van der Waals surface area contributed by atoms with E-state index in [2.05, 4.69) is 4.72 Å².